The quantitative estimate of drug-likeness (QED) is 0.578. The Labute approximate surface area is 195 Å². The Balaban J connectivity index is 1.38. The van der Waals surface area contributed by atoms with Gasteiger partial charge in [0.2, 0.25) is 0 Å². The van der Waals surface area contributed by atoms with E-state index in [0.29, 0.717) is 56.5 Å². The summed E-state index contributed by atoms with van der Waals surface area (Å²) in [4.78, 5) is 2.15. The maximum absolute atomic E-state index is 12.6. The molecule has 3 saturated carbocycles. The molecule has 1 aliphatic heterocycles. The third kappa shape index (κ3) is 6.03. The lowest BCUT2D eigenvalue weighted by Crippen LogP contribution is -2.39. The van der Waals surface area contributed by atoms with Gasteiger partial charge in [0.1, 0.15) is 0 Å². The van der Waals surface area contributed by atoms with Crippen molar-refractivity contribution in [2.75, 3.05) is 19.6 Å². The minimum Gasteiger partial charge on any atom is -0.393 e. The van der Waals surface area contributed by atoms with Crippen LogP contribution < -0.4 is 0 Å². The van der Waals surface area contributed by atoms with Gasteiger partial charge in [0.25, 0.3) is 0 Å². The summed E-state index contributed by atoms with van der Waals surface area (Å²) in [6.07, 6.45) is 6.28. The highest BCUT2D eigenvalue weighted by Gasteiger charge is 2.51. The summed E-state index contributed by atoms with van der Waals surface area (Å²) < 4.78 is 41.9. The van der Waals surface area contributed by atoms with Gasteiger partial charge in [-0.1, -0.05) is 37.1 Å². The number of aliphatic hydroxyl groups excluding tert-OH is 2. The molecule has 0 spiro atoms. The van der Waals surface area contributed by atoms with Crippen molar-refractivity contribution < 1.29 is 28.1 Å². The van der Waals surface area contributed by atoms with E-state index in [1.165, 1.54) is 31.3 Å². The van der Waals surface area contributed by atoms with Crippen LogP contribution in [0, 0.1) is 23.2 Å². The largest absolute Gasteiger partial charge is 0.522 e. The number of ether oxygens (including phenoxy) is 1. The Hall–Kier alpha value is -0.890. The minimum absolute atomic E-state index is 0.231. The predicted octanol–water partition coefficient (Wildman–Crippen LogP) is 5.21. The summed E-state index contributed by atoms with van der Waals surface area (Å²) in [6.45, 7) is 6.59. The second-order valence-electron chi connectivity index (χ2n) is 11.3. The van der Waals surface area contributed by atoms with E-state index in [1.807, 2.05) is 0 Å². The summed E-state index contributed by atoms with van der Waals surface area (Å²) >= 11 is 0. The third-order valence-electron chi connectivity index (χ3n) is 8.87. The molecule has 0 bridgehead atoms. The topological polar surface area (TPSA) is 52.9 Å². The van der Waals surface area contributed by atoms with E-state index < -0.39 is 24.7 Å². The Morgan fingerprint density at radius 2 is 1.88 bits per heavy atom. The fourth-order valence-corrected chi connectivity index (χ4v) is 7.53. The van der Waals surface area contributed by atoms with E-state index in [4.69, 9.17) is 0 Å². The van der Waals surface area contributed by atoms with Gasteiger partial charge in [-0.3, -0.25) is 4.74 Å². The number of rotatable bonds is 5. The average molecular weight is 472 g/mol. The summed E-state index contributed by atoms with van der Waals surface area (Å²) in [5.74, 6) is 1.56. The normalized spacial score (nSPS) is 40.3. The van der Waals surface area contributed by atoms with E-state index in [2.05, 4.69) is 35.6 Å². The minimum atomic E-state index is -4.55. The first-order chi connectivity index (χ1) is 15.5. The Morgan fingerprint density at radius 1 is 1.15 bits per heavy atom. The van der Waals surface area contributed by atoms with E-state index in [0.717, 1.165) is 18.5 Å². The molecule has 4 rings (SSSR count). The zero-order valence-electron chi connectivity index (χ0n) is 20.0. The van der Waals surface area contributed by atoms with Gasteiger partial charge >= 0.3 is 6.36 Å². The smallest absolute Gasteiger partial charge is 0.393 e. The predicted molar refractivity (Wildman–Crippen MR) is 121 cm³/mol. The first kappa shape index (κ1) is 25.2. The molecule has 0 radical (unpaired) electrons. The Bertz CT molecular complexity index is 740. The highest BCUT2D eigenvalue weighted by Crippen LogP contribution is 2.59. The Kier molecular flexibility index (Phi) is 7.64. The van der Waals surface area contributed by atoms with Crippen molar-refractivity contribution >= 4 is 0 Å². The second-order valence-corrected chi connectivity index (χ2v) is 11.3. The van der Waals surface area contributed by atoms with Crippen LogP contribution in [0.4, 0.5) is 13.2 Å². The van der Waals surface area contributed by atoms with Gasteiger partial charge < -0.3 is 15.1 Å². The molecule has 0 aromatic carbocycles. The number of halogens is 3. The number of likely N-dealkylation sites (tertiary alicyclic amines) is 1. The maximum atomic E-state index is 12.6. The molecule has 4 fully saturated rings. The number of fused-ring (bicyclic) bond motifs is 1. The van der Waals surface area contributed by atoms with E-state index in [1.54, 1.807) is 0 Å². The number of hydrogen-bond donors (Lipinski definition) is 2. The van der Waals surface area contributed by atoms with Crippen LogP contribution in [0.2, 0.25) is 0 Å². The first-order valence-corrected chi connectivity index (χ1v) is 12.7. The van der Waals surface area contributed by atoms with Crippen molar-refractivity contribution in [1.82, 2.24) is 4.90 Å². The third-order valence-corrected chi connectivity index (χ3v) is 8.87. The van der Waals surface area contributed by atoms with Crippen molar-refractivity contribution in [1.29, 1.82) is 0 Å². The number of hydrogen-bond acceptors (Lipinski definition) is 4. The molecule has 0 unspecified atom stereocenters. The summed E-state index contributed by atoms with van der Waals surface area (Å²) in [5, 5.41) is 19.9. The lowest BCUT2D eigenvalue weighted by Gasteiger charge is -2.45. The standard InChI is InChI=1S/C26H40F3NO3/c1-17(15-30-11-9-22(16-30)33-26(27,28)29)23-7-8-24-19(4-3-10-25(23,24)2)6-5-18-12-20(31)14-21(32)13-18/h5-6,17,20-24,31-32H,3-4,7-16H2,1-2H3/b19-6+/t17-,20-,21-,22-,23-,24+,25-/m1/s1. The van der Waals surface area contributed by atoms with Crippen LogP contribution in [0.25, 0.3) is 0 Å². The maximum Gasteiger partial charge on any atom is 0.522 e. The molecule has 1 saturated heterocycles. The van der Waals surface area contributed by atoms with Crippen molar-refractivity contribution in [2.24, 2.45) is 23.2 Å². The molecule has 4 nitrogen and oxygen atoms in total. The summed E-state index contributed by atoms with van der Waals surface area (Å²) in [7, 11) is 0. The van der Waals surface area contributed by atoms with Gasteiger partial charge in [0.05, 0.1) is 18.3 Å². The van der Waals surface area contributed by atoms with E-state index >= 15 is 0 Å². The molecule has 7 atom stereocenters. The molecule has 0 aromatic heterocycles. The van der Waals surface area contributed by atoms with Crippen LogP contribution >= 0.6 is 0 Å². The van der Waals surface area contributed by atoms with Crippen LogP contribution in [-0.4, -0.2) is 59.4 Å². The molecule has 3 aliphatic carbocycles. The van der Waals surface area contributed by atoms with Gasteiger partial charge in [-0.25, -0.2) is 0 Å². The van der Waals surface area contributed by atoms with E-state index in [9.17, 15) is 23.4 Å². The van der Waals surface area contributed by atoms with Crippen molar-refractivity contribution in [3.05, 3.63) is 23.3 Å². The fraction of sp³-hybridized carbons (Fsp3) is 0.846. The van der Waals surface area contributed by atoms with Crippen LogP contribution in [0.3, 0.4) is 0 Å². The zero-order chi connectivity index (χ0) is 23.8. The molecule has 1 heterocycles. The molecule has 7 heteroatoms. The van der Waals surface area contributed by atoms with Crippen LogP contribution in [0.15, 0.2) is 23.3 Å². The number of alkyl halides is 3. The summed E-state index contributed by atoms with van der Waals surface area (Å²) in [5.41, 5.74) is 2.86. The van der Waals surface area contributed by atoms with Crippen molar-refractivity contribution in [2.45, 2.75) is 96.3 Å². The molecule has 4 aliphatic rings. The van der Waals surface area contributed by atoms with Crippen LogP contribution in [-0.2, 0) is 4.74 Å². The van der Waals surface area contributed by atoms with Crippen molar-refractivity contribution in [3.63, 3.8) is 0 Å². The lowest BCUT2D eigenvalue weighted by atomic mass is 9.61. The van der Waals surface area contributed by atoms with Gasteiger partial charge in [-0.15, -0.1) is 13.2 Å². The number of allylic oxidation sites excluding steroid dienone is 3. The SMILES string of the molecule is C[C@H](CN1CC[C@@H](OC(F)(F)F)C1)[C@H]1CC[C@H]2/C(=C/C=C3C[C@@H](O)C[C@H](O)C3)CCC[C@]12C. The van der Waals surface area contributed by atoms with Crippen LogP contribution in [0.5, 0.6) is 0 Å². The van der Waals surface area contributed by atoms with E-state index in [-0.39, 0.29) is 5.41 Å². The highest BCUT2D eigenvalue weighted by molar-refractivity contribution is 5.26. The monoisotopic (exact) mass is 471 g/mol. The van der Waals surface area contributed by atoms with Gasteiger partial charge in [-0.2, -0.15) is 0 Å². The highest BCUT2D eigenvalue weighted by atomic mass is 19.4. The first-order valence-electron chi connectivity index (χ1n) is 12.7. The number of nitrogens with zero attached hydrogens (tertiary/aromatic N) is 1. The van der Waals surface area contributed by atoms with Crippen molar-refractivity contribution in [3.8, 4) is 0 Å². The molecule has 2 N–H and O–H groups in total. The fourth-order valence-electron chi connectivity index (χ4n) is 7.53. The lowest BCUT2D eigenvalue weighted by molar-refractivity contribution is -0.340. The molecular formula is C26H40F3NO3. The molecule has 188 valence electrons. The second kappa shape index (κ2) is 10.00. The van der Waals surface area contributed by atoms with Gasteiger partial charge in [0.15, 0.2) is 0 Å². The zero-order valence-corrected chi connectivity index (χ0v) is 20.0. The molecule has 33 heavy (non-hydrogen) atoms. The summed E-state index contributed by atoms with van der Waals surface area (Å²) in [6, 6.07) is 0. The van der Waals surface area contributed by atoms with Gasteiger partial charge in [0, 0.05) is 19.6 Å². The molecule has 0 aromatic rings. The van der Waals surface area contributed by atoms with Crippen LogP contribution in [0.1, 0.15) is 71.6 Å². The molecule has 0 amide bonds. The Morgan fingerprint density at radius 3 is 2.58 bits per heavy atom. The van der Waals surface area contributed by atoms with Gasteiger partial charge in [-0.05, 0) is 81.0 Å². The molecular weight excluding hydrogens is 431 g/mol. The average Bonchev–Trinajstić information content (AvgIpc) is 3.27. The number of aliphatic hydroxyl groups is 2.